The Morgan fingerprint density at radius 3 is 2.82 bits per heavy atom. The maximum atomic E-state index is 12.1. The van der Waals surface area contributed by atoms with E-state index in [0.29, 0.717) is 15.5 Å². The molecule has 6 heteroatoms. The molecule has 0 spiro atoms. The summed E-state index contributed by atoms with van der Waals surface area (Å²) in [5.41, 5.74) is 3.13. The van der Waals surface area contributed by atoms with Gasteiger partial charge in [-0.15, -0.1) is 11.3 Å². The van der Waals surface area contributed by atoms with Gasteiger partial charge in [0.05, 0.1) is 11.2 Å². The van der Waals surface area contributed by atoms with Gasteiger partial charge in [-0.1, -0.05) is 41.9 Å². The standard InChI is InChI=1S/C16H11ClN2O2S/c17-14-12-6-1-2-7-13(12)22-15(14)16(21)19-18-9-10-4-3-5-11(20)8-10/h1-9,20H,(H,19,21)/b18-9-. The van der Waals surface area contributed by atoms with Crippen molar-refractivity contribution in [3.63, 3.8) is 0 Å². The van der Waals surface area contributed by atoms with Crippen LogP contribution in [0.5, 0.6) is 5.75 Å². The van der Waals surface area contributed by atoms with E-state index in [0.717, 1.165) is 10.1 Å². The lowest BCUT2D eigenvalue weighted by atomic mass is 10.2. The van der Waals surface area contributed by atoms with Gasteiger partial charge in [-0.25, -0.2) is 5.43 Å². The van der Waals surface area contributed by atoms with Crippen LogP contribution in [-0.2, 0) is 0 Å². The first kappa shape index (κ1) is 14.6. The maximum absolute atomic E-state index is 12.1. The summed E-state index contributed by atoms with van der Waals surface area (Å²) in [4.78, 5) is 12.6. The highest BCUT2D eigenvalue weighted by Gasteiger charge is 2.16. The van der Waals surface area contributed by atoms with E-state index in [9.17, 15) is 9.90 Å². The van der Waals surface area contributed by atoms with Crippen molar-refractivity contribution in [2.45, 2.75) is 0 Å². The van der Waals surface area contributed by atoms with Crippen LogP contribution >= 0.6 is 22.9 Å². The molecule has 3 rings (SSSR count). The number of hydrazone groups is 1. The largest absolute Gasteiger partial charge is 0.508 e. The predicted octanol–water partition coefficient (Wildman–Crippen LogP) is 4.02. The highest BCUT2D eigenvalue weighted by Crippen LogP contribution is 2.34. The van der Waals surface area contributed by atoms with Gasteiger partial charge in [0.2, 0.25) is 0 Å². The Labute approximate surface area is 135 Å². The van der Waals surface area contributed by atoms with E-state index in [4.69, 9.17) is 11.6 Å². The lowest BCUT2D eigenvalue weighted by molar-refractivity contribution is 0.0959. The van der Waals surface area contributed by atoms with Crippen molar-refractivity contribution in [2.75, 3.05) is 0 Å². The Balaban J connectivity index is 1.77. The lowest BCUT2D eigenvalue weighted by Gasteiger charge is -1.98. The smallest absolute Gasteiger partial charge is 0.283 e. The summed E-state index contributed by atoms with van der Waals surface area (Å²) in [7, 11) is 0. The van der Waals surface area contributed by atoms with Crippen LogP contribution in [-0.4, -0.2) is 17.2 Å². The van der Waals surface area contributed by atoms with Gasteiger partial charge in [-0.2, -0.15) is 5.10 Å². The van der Waals surface area contributed by atoms with Gasteiger partial charge in [0.1, 0.15) is 10.6 Å². The SMILES string of the molecule is O=C(N/N=C\c1cccc(O)c1)c1sc2ccccc2c1Cl. The number of hydrogen-bond donors (Lipinski definition) is 2. The van der Waals surface area contributed by atoms with E-state index in [-0.39, 0.29) is 11.7 Å². The van der Waals surface area contributed by atoms with Gasteiger partial charge in [-0.3, -0.25) is 4.79 Å². The number of phenolic OH excluding ortho intramolecular Hbond substituents is 1. The van der Waals surface area contributed by atoms with E-state index in [1.54, 1.807) is 24.3 Å². The highest BCUT2D eigenvalue weighted by molar-refractivity contribution is 7.21. The topological polar surface area (TPSA) is 61.7 Å². The van der Waals surface area contributed by atoms with Crippen LogP contribution in [0.2, 0.25) is 5.02 Å². The van der Waals surface area contributed by atoms with Crippen molar-refractivity contribution in [3.05, 3.63) is 64.0 Å². The first-order chi connectivity index (χ1) is 10.6. The molecule has 1 heterocycles. The molecule has 3 aromatic rings. The normalized spacial score (nSPS) is 11.1. The molecule has 1 aromatic heterocycles. The van der Waals surface area contributed by atoms with Gasteiger partial charge in [0.25, 0.3) is 5.91 Å². The molecule has 2 aromatic carbocycles. The lowest BCUT2D eigenvalue weighted by Crippen LogP contribution is -2.16. The second-order valence-electron chi connectivity index (χ2n) is 4.54. The van der Waals surface area contributed by atoms with Crippen molar-refractivity contribution < 1.29 is 9.90 Å². The van der Waals surface area contributed by atoms with Crippen LogP contribution in [0.1, 0.15) is 15.2 Å². The van der Waals surface area contributed by atoms with Gasteiger partial charge < -0.3 is 5.11 Å². The fraction of sp³-hybridized carbons (Fsp3) is 0. The first-order valence-electron chi connectivity index (χ1n) is 6.44. The number of hydrogen-bond acceptors (Lipinski definition) is 4. The molecule has 110 valence electrons. The number of rotatable bonds is 3. The Kier molecular flexibility index (Phi) is 4.09. The zero-order valence-electron chi connectivity index (χ0n) is 11.3. The first-order valence-corrected chi connectivity index (χ1v) is 7.64. The third-order valence-electron chi connectivity index (χ3n) is 2.99. The molecule has 0 aliphatic carbocycles. The summed E-state index contributed by atoms with van der Waals surface area (Å²) in [5, 5.41) is 14.5. The molecule has 2 N–H and O–H groups in total. The summed E-state index contributed by atoms with van der Waals surface area (Å²) in [6, 6.07) is 14.1. The van der Waals surface area contributed by atoms with Gasteiger partial charge in [-0.05, 0) is 23.8 Å². The number of halogens is 1. The van der Waals surface area contributed by atoms with Gasteiger partial charge in [0, 0.05) is 10.1 Å². The molecule has 0 saturated heterocycles. The summed E-state index contributed by atoms with van der Waals surface area (Å²) in [5.74, 6) is -0.217. The molecular formula is C16H11ClN2O2S. The van der Waals surface area contributed by atoms with E-state index in [1.165, 1.54) is 17.6 Å². The second kappa shape index (κ2) is 6.17. The van der Waals surface area contributed by atoms with Crippen molar-refractivity contribution >= 4 is 45.1 Å². The summed E-state index contributed by atoms with van der Waals surface area (Å²) < 4.78 is 0.953. The minimum atomic E-state index is -0.359. The number of amides is 1. The predicted molar refractivity (Wildman–Crippen MR) is 90.0 cm³/mol. The molecule has 0 saturated carbocycles. The molecule has 0 atom stereocenters. The van der Waals surface area contributed by atoms with E-state index in [1.807, 2.05) is 24.3 Å². The summed E-state index contributed by atoms with van der Waals surface area (Å²) in [6.45, 7) is 0. The van der Waals surface area contributed by atoms with Gasteiger partial charge >= 0.3 is 0 Å². The van der Waals surface area contributed by atoms with Crippen LogP contribution in [0, 0.1) is 0 Å². The van der Waals surface area contributed by atoms with Crippen molar-refractivity contribution in [1.29, 1.82) is 0 Å². The van der Waals surface area contributed by atoms with Crippen molar-refractivity contribution in [3.8, 4) is 5.75 Å². The molecule has 0 radical (unpaired) electrons. The summed E-state index contributed by atoms with van der Waals surface area (Å²) in [6.07, 6.45) is 1.46. The number of thiophene rings is 1. The van der Waals surface area contributed by atoms with Crippen LogP contribution in [0.4, 0.5) is 0 Å². The Morgan fingerprint density at radius 2 is 2.05 bits per heavy atom. The number of nitrogens with one attached hydrogen (secondary N) is 1. The zero-order valence-corrected chi connectivity index (χ0v) is 12.9. The fourth-order valence-corrected chi connectivity index (χ4v) is 3.39. The molecule has 0 aliphatic heterocycles. The van der Waals surface area contributed by atoms with Crippen LogP contribution in [0.3, 0.4) is 0 Å². The number of benzene rings is 2. The quantitative estimate of drug-likeness (QED) is 0.562. The Bertz CT molecular complexity index is 873. The van der Waals surface area contributed by atoms with Crippen molar-refractivity contribution in [1.82, 2.24) is 5.43 Å². The minimum absolute atomic E-state index is 0.142. The number of phenols is 1. The number of aromatic hydroxyl groups is 1. The third-order valence-corrected chi connectivity index (χ3v) is 4.67. The monoisotopic (exact) mass is 330 g/mol. The average Bonchev–Trinajstić information content (AvgIpc) is 2.85. The fourth-order valence-electron chi connectivity index (χ4n) is 1.98. The third kappa shape index (κ3) is 2.95. The van der Waals surface area contributed by atoms with Crippen LogP contribution in [0.15, 0.2) is 53.6 Å². The Hall–Kier alpha value is -2.37. The van der Waals surface area contributed by atoms with Crippen molar-refractivity contribution in [2.24, 2.45) is 5.10 Å². The zero-order chi connectivity index (χ0) is 15.5. The Morgan fingerprint density at radius 1 is 1.23 bits per heavy atom. The molecule has 0 aliphatic rings. The average molecular weight is 331 g/mol. The maximum Gasteiger partial charge on any atom is 0.283 e. The molecule has 1 amide bonds. The number of nitrogens with zero attached hydrogens (tertiary/aromatic N) is 1. The van der Waals surface area contributed by atoms with E-state index < -0.39 is 0 Å². The van der Waals surface area contributed by atoms with Crippen LogP contribution in [0.25, 0.3) is 10.1 Å². The van der Waals surface area contributed by atoms with E-state index >= 15 is 0 Å². The molecule has 4 nitrogen and oxygen atoms in total. The molecular weight excluding hydrogens is 320 g/mol. The van der Waals surface area contributed by atoms with E-state index in [2.05, 4.69) is 10.5 Å². The number of fused-ring (bicyclic) bond motifs is 1. The summed E-state index contributed by atoms with van der Waals surface area (Å²) >= 11 is 7.56. The molecule has 0 fully saturated rings. The van der Waals surface area contributed by atoms with Crippen LogP contribution < -0.4 is 5.43 Å². The highest BCUT2D eigenvalue weighted by atomic mass is 35.5. The molecule has 0 unspecified atom stereocenters. The second-order valence-corrected chi connectivity index (χ2v) is 5.97. The number of carbonyl (C=O) groups excluding carboxylic acids is 1. The molecule has 0 bridgehead atoms. The minimum Gasteiger partial charge on any atom is -0.508 e. The number of carbonyl (C=O) groups is 1. The van der Waals surface area contributed by atoms with Gasteiger partial charge in [0.15, 0.2) is 0 Å². The molecule has 22 heavy (non-hydrogen) atoms.